The van der Waals surface area contributed by atoms with Gasteiger partial charge in [-0.15, -0.1) is 0 Å². The maximum Gasteiger partial charge on any atom is 0.163 e. The molecule has 0 fully saturated rings. The van der Waals surface area contributed by atoms with Crippen LogP contribution in [-0.4, -0.2) is 13.2 Å². The minimum atomic E-state index is 0.538. The van der Waals surface area contributed by atoms with E-state index in [1.165, 1.54) is 10.8 Å². The van der Waals surface area contributed by atoms with Gasteiger partial charge in [-0.3, -0.25) is 0 Å². The van der Waals surface area contributed by atoms with Crippen LogP contribution in [0.25, 0.3) is 10.8 Å². The number of fused-ring (bicyclic) bond motifs is 2. The van der Waals surface area contributed by atoms with Crippen LogP contribution in [0.5, 0.6) is 17.2 Å². The summed E-state index contributed by atoms with van der Waals surface area (Å²) in [6.07, 6.45) is 0. The molecular formula is C26H23NO3. The second kappa shape index (κ2) is 8.37. The van der Waals surface area contributed by atoms with Gasteiger partial charge in [-0.1, -0.05) is 60.7 Å². The Hall–Kier alpha value is -3.66. The highest BCUT2D eigenvalue weighted by Gasteiger charge is 2.13. The lowest BCUT2D eigenvalue weighted by Crippen LogP contribution is -2.15. The Bertz CT molecular complexity index is 1160. The van der Waals surface area contributed by atoms with Crippen LogP contribution in [0.1, 0.15) is 11.1 Å². The van der Waals surface area contributed by atoms with Gasteiger partial charge in [-0.25, -0.2) is 0 Å². The van der Waals surface area contributed by atoms with Crippen LogP contribution in [0.2, 0.25) is 0 Å². The molecule has 1 aliphatic heterocycles. The standard InChI is InChI=1S/C26H23NO3/c1-2-6-19(7-3-1)18-30-24-12-10-20-8-4-5-9-22(20)23(24)17-27-21-11-13-25-26(16-21)29-15-14-28-25/h1-13,16,27H,14-15,17-18H2. The van der Waals surface area contributed by atoms with Crippen molar-refractivity contribution >= 4 is 16.5 Å². The van der Waals surface area contributed by atoms with Crippen molar-refractivity contribution in [2.45, 2.75) is 13.2 Å². The Morgan fingerprint density at radius 2 is 1.57 bits per heavy atom. The second-order valence-corrected chi connectivity index (χ2v) is 7.25. The van der Waals surface area contributed by atoms with Gasteiger partial charge in [-0.05, 0) is 34.5 Å². The molecule has 4 nitrogen and oxygen atoms in total. The Labute approximate surface area is 176 Å². The number of hydrogen-bond donors (Lipinski definition) is 1. The van der Waals surface area contributed by atoms with Gasteiger partial charge in [0.25, 0.3) is 0 Å². The highest BCUT2D eigenvalue weighted by Crippen LogP contribution is 2.34. The molecule has 0 unspecified atom stereocenters. The van der Waals surface area contributed by atoms with Crippen LogP contribution in [0.3, 0.4) is 0 Å². The third-order valence-corrected chi connectivity index (χ3v) is 5.25. The number of rotatable bonds is 6. The third kappa shape index (κ3) is 3.90. The number of ether oxygens (including phenoxy) is 3. The zero-order chi connectivity index (χ0) is 20.2. The molecule has 0 saturated carbocycles. The van der Waals surface area contributed by atoms with Crippen LogP contribution in [0, 0.1) is 0 Å². The summed E-state index contributed by atoms with van der Waals surface area (Å²) in [6, 6.07) is 28.8. The van der Waals surface area contributed by atoms with Crippen molar-refractivity contribution in [1.29, 1.82) is 0 Å². The normalized spacial score (nSPS) is 12.5. The minimum absolute atomic E-state index is 0.538. The van der Waals surface area contributed by atoms with Crippen molar-refractivity contribution in [1.82, 2.24) is 0 Å². The summed E-state index contributed by atoms with van der Waals surface area (Å²) in [4.78, 5) is 0. The molecular weight excluding hydrogens is 374 g/mol. The van der Waals surface area contributed by atoms with E-state index in [1.54, 1.807) is 0 Å². The van der Waals surface area contributed by atoms with Gasteiger partial charge in [0, 0.05) is 23.9 Å². The Morgan fingerprint density at radius 3 is 2.47 bits per heavy atom. The molecule has 5 rings (SSSR count). The zero-order valence-electron chi connectivity index (χ0n) is 16.6. The smallest absolute Gasteiger partial charge is 0.163 e. The van der Waals surface area contributed by atoms with E-state index >= 15 is 0 Å². The molecule has 0 spiro atoms. The third-order valence-electron chi connectivity index (χ3n) is 5.25. The van der Waals surface area contributed by atoms with E-state index in [9.17, 15) is 0 Å². The fraction of sp³-hybridized carbons (Fsp3) is 0.154. The van der Waals surface area contributed by atoms with Crippen LogP contribution in [0.15, 0.2) is 84.9 Å². The molecule has 0 saturated heterocycles. The minimum Gasteiger partial charge on any atom is -0.489 e. The summed E-state index contributed by atoms with van der Waals surface area (Å²) in [5, 5.41) is 5.91. The van der Waals surface area contributed by atoms with Gasteiger partial charge in [0.15, 0.2) is 11.5 Å². The summed E-state index contributed by atoms with van der Waals surface area (Å²) in [5.41, 5.74) is 3.27. The number of benzene rings is 4. The van der Waals surface area contributed by atoms with Crippen molar-refractivity contribution in [2.75, 3.05) is 18.5 Å². The molecule has 4 heteroatoms. The summed E-state index contributed by atoms with van der Waals surface area (Å²) in [6.45, 7) is 2.36. The maximum absolute atomic E-state index is 6.23. The molecule has 150 valence electrons. The summed E-state index contributed by atoms with van der Waals surface area (Å²) >= 11 is 0. The molecule has 4 aromatic carbocycles. The summed E-state index contributed by atoms with van der Waals surface area (Å²) in [5.74, 6) is 2.47. The molecule has 0 bridgehead atoms. The second-order valence-electron chi connectivity index (χ2n) is 7.25. The van der Waals surface area contributed by atoms with Crippen LogP contribution < -0.4 is 19.5 Å². The van der Waals surface area contributed by atoms with E-state index < -0.39 is 0 Å². The largest absolute Gasteiger partial charge is 0.489 e. The number of hydrogen-bond acceptors (Lipinski definition) is 4. The predicted molar refractivity (Wildman–Crippen MR) is 119 cm³/mol. The van der Waals surface area contributed by atoms with Gasteiger partial charge in [0.1, 0.15) is 25.6 Å². The van der Waals surface area contributed by atoms with E-state index in [1.807, 2.05) is 36.4 Å². The molecule has 1 aliphatic rings. The Balaban J connectivity index is 1.41. The lowest BCUT2D eigenvalue weighted by Gasteiger charge is -2.20. The van der Waals surface area contributed by atoms with Gasteiger partial charge in [-0.2, -0.15) is 0 Å². The van der Waals surface area contributed by atoms with E-state index in [4.69, 9.17) is 14.2 Å². The summed E-state index contributed by atoms with van der Waals surface area (Å²) in [7, 11) is 0. The highest BCUT2D eigenvalue weighted by molar-refractivity contribution is 5.88. The van der Waals surface area contributed by atoms with Gasteiger partial charge in [0.2, 0.25) is 0 Å². The first-order valence-electron chi connectivity index (χ1n) is 10.2. The Morgan fingerprint density at radius 1 is 0.767 bits per heavy atom. The molecule has 1 N–H and O–H groups in total. The topological polar surface area (TPSA) is 39.7 Å². The average Bonchev–Trinajstić information content (AvgIpc) is 2.82. The van der Waals surface area contributed by atoms with Crippen molar-refractivity contribution in [3.63, 3.8) is 0 Å². The van der Waals surface area contributed by atoms with Crippen LogP contribution in [-0.2, 0) is 13.2 Å². The lowest BCUT2D eigenvalue weighted by molar-refractivity contribution is 0.171. The van der Waals surface area contributed by atoms with Crippen molar-refractivity contribution < 1.29 is 14.2 Å². The van der Waals surface area contributed by atoms with Gasteiger partial charge in [0.05, 0.1) is 0 Å². The maximum atomic E-state index is 6.23. The van der Waals surface area contributed by atoms with E-state index in [2.05, 4.69) is 53.8 Å². The molecule has 1 heterocycles. The van der Waals surface area contributed by atoms with Gasteiger partial charge >= 0.3 is 0 Å². The molecule has 30 heavy (non-hydrogen) atoms. The van der Waals surface area contributed by atoms with Crippen LogP contribution >= 0.6 is 0 Å². The first kappa shape index (κ1) is 18.4. The fourth-order valence-electron chi connectivity index (χ4n) is 3.71. The van der Waals surface area contributed by atoms with Crippen molar-refractivity contribution in [3.05, 3.63) is 96.1 Å². The number of anilines is 1. The molecule has 0 atom stereocenters. The number of nitrogens with one attached hydrogen (secondary N) is 1. The monoisotopic (exact) mass is 397 g/mol. The molecule has 4 aromatic rings. The predicted octanol–water partition coefficient (Wildman–Crippen LogP) is 5.80. The first-order valence-corrected chi connectivity index (χ1v) is 10.2. The zero-order valence-corrected chi connectivity index (χ0v) is 16.6. The van der Waals surface area contributed by atoms with E-state index in [-0.39, 0.29) is 0 Å². The van der Waals surface area contributed by atoms with Gasteiger partial charge < -0.3 is 19.5 Å². The highest BCUT2D eigenvalue weighted by atomic mass is 16.6. The van der Waals surface area contributed by atoms with Crippen molar-refractivity contribution in [3.8, 4) is 17.2 Å². The quantitative estimate of drug-likeness (QED) is 0.446. The van der Waals surface area contributed by atoms with Crippen molar-refractivity contribution in [2.24, 2.45) is 0 Å². The lowest BCUT2D eigenvalue weighted by atomic mass is 10.0. The van der Waals surface area contributed by atoms with E-state index in [0.717, 1.165) is 34.1 Å². The molecule has 0 aromatic heterocycles. The SMILES string of the molecule is c1ccc(COc2ccc3ccccc3c2CNc2ccc3c(c2)OCCO3)cc1. The molecule has 0 aliphatic carbocycles. The molecule has 0 amide bonds. The average molecular weight is 397 g/mol. The molecule has 0 radical (unpaired) electrons. The first-order chi connectivity index (χ1) is 14.9. The van der Waals surface area contributed by atoms with E-state index in [0.29, 0.717) is 26.4 Å². The summed E-state index contributed by atoms with van der Waals surface area (Å²) < 4.78 is 17.6. The van der Waals surface area contributed by atoms with Crippen LogP contribution in [0.4, 0.5) is 5.69 Å². The fourth-order valence-corrected chi connectivity index (χ4v) is 3.71. The Kier molecular flexibility index (Phi) is 5.13.